The zero-order chi connectivity index (χ0) is 23.8. The number of amides is 1. The normalized spacial score (nSPS) is 18.4. The van der Waals surface area contributed by atoms with E-state index in [1.807, 2.05) is 32.0 Å². The predicted molar refractivity (Wildman–Crippen MR) is 126 cm³/mol. The van der Waals surface area contributed by atoms with Crippen molar-refractivity contribution in [3.05, 3.63) is 89.0 Å². The van der Waals surface area contributed by atoms with Crippen molar-refractivity contribution in [1.82, 2.24) is 0 Å². The Bertz CT molecular complexity index is 1310. The molecule has 1 saturated heterocycles. The quantitative estimate of drug-likeness (QED) is 0.338. The Morgan fingerprint density at radius 1 is 1.03 bits per heavy atom. The molecule has 0 radical (unpaired) electrons. The van der Waals surface area contributed by atoms with Crippen molar-refractivity contribution < 1.29 is 28.9 Å². The standard InChI is InChI=1S/C27H23NO6/c1-3-32-20-6-4-5-18(13-20)24-23(25(29)17-9-7-16(2)8-10-17)26(30)27(31)28(24)19-11-12-21-22(14-19)34-15-33-21/h4-14,24,29H,3,15H2,1-2H3/b25-23+. The van der Waals surface area contributed by atoms with Crippen molar-refractivity contribution >= 4 is 23.1 Å². The van der Waals surface area contributed by atoms with Gasteiger partial charge in [0.25, 0.3) is 11.7 Å². The second kappa shape index (κ2) is 8.59. The summed E-state index contributed by atoms with van der Waals surface area (Å²) in [4.78, 5) is 28.0. The largest absolute Gasteiger partial charge is 0.507 e. The summed E-state index contributed by atoms with van der Waals surface area (Å²) in [6.45, 7) is 4.37. The Hall–Kier alpha value is -4.26. The minimum Gasteiger partial charge on any atom is -0.507 e. The van der Waals surface area contributed by atoms with E-state index in [0.717, 1.165) is 5.56 Å². The van der Waals surface area contributed by atoms with E-state index in [0.29, 0.717) is 40.7 Å². The smallest absolute Gasteiger partial charge is 0.300 e. The number of hydrogen-bond donors (Lipinski definition) is 1. The highest BCUT2D eigenvalue weighted by Gasteiger charge is 2.47. The number of nitrogens with zero attached hydrogens (tertiary/aromatic N) is 1. The van der Waals surface area contributed by atoms with E-state index in [1.165, 1.54) is 4.90 Å². The maximum Gasteiger partial charge on any atom is 0.300 e. The lowest BCUT2D eigenvalue weighted by molar-refractivity contribution is -0.132. The van der Waals surface area contributed by atoms with Crippen LogP contribution in [0.25, 0.3) is 5.76 Å². The van der Waals surface area contributed by atoms with Gasteiger partial charge in [-0.1, -0.05) is 42.0 Å². The number of ketones is 1. The van der Waals surface area contributed by atoms with Crippen LogP contribution in [0.4, 0.5) is 5.69 Å². The minimum atomic E-state index is -0.859. The molecule has 2 aliphatic heterocycles. The van der Waals surface area contributed by atoms with Crippen molar-refractivity contribution in [2.24, 2.45) is 0 Å². The Kier molecular flexibility index (Phi) is 5.45. The molecular weight excluding hydrogens is 434 g/mol. The summed E-state index contributed by atoms with van der Waals surface area (Å²) in [5.41, 5.74) is 2.58. The Morgan fingerprint density at radius 2 is 1.79 bits per heavy atom. The number of carbonyl (C=O) groups is 2. The molecule has 7 nitrogen and oxygen atoms in total. The summed E-state index contributed by atoms with van der Waals surface area (Å²) in [5.74, 6) is -0.0726. The molecule has 7 heteroatoms. The molecule has 5 rings (SSSR count). The Morgan fingerprint density at radius 3 is 2.56 bits per heavy atom. The van der Waals surface area contributed by atoms with Gasteiger partial charge in [0.1, 0.15) is 11.5 Å². The van der Waals surface area contributed by atoms with E-state index in [-0.39, 0.29) is 18.1 Å². The molecule has 2 aliphatic rings. The lowest BCUT2D eigenvalue weighted by Gasteiger charge is -2.26. The summed E-state index contributed by atoms with van der Waals surface area (Å²) in [7, 11) is 0. The first-order chi connectivity index (χ1) is 16.5. The number of fused-ring (bicyclic) bond motifs is 1. The van der Waals surface area contributed by atoms with Crippen LogP contribution in [0.3, 0.4) is 0 Å². The second-order valence-corrected chi connectivity index (χ2v) is 8.08. The third kappa shape index (κ3) is 3.65. The number of aliphatic hydroxyl groups excluding tert-OH is 1. The molecule has 0 bridgehead atoms. The van der Waals surface area contributed by atoms with Crippen molar-refractivity contribution in [2.45, 2.75) is 19.9 Å². The molecule has 1 fully saturated rings. The zero-order valence-corrected chi connectivity index (χ0v) is 18.8. The number of ether oxygens (including phenoxy) is 3. The fraction of sp³-hybridized carbons (Fsp3) is 0.185. The van der Waals surface area contributed by atoms with E-state index in [4.69, 9.17) is 14.2 Å². The molecule has 3 aromatic carbocycles. The van der Waals surface area contributed by atoms with E-state index >= 15 is 0 Å². The van der Waals surface area contributed by atoms with Crippen LogP contribution in [-0.2, 0) is 9.59 Å². The molecule has 0 spiro atoms. The summed E-state index contributed by atoms with van der Waals surface area (Å²) in [6, 6.07) is 18.5. The van der Waals surface area contributed by atoms with Crippen LogP contribution >= 0.6 is 0 Å². The third-order valence-corrected chi connectivity index (χ3v) is 5.89. The first-order valence-electron chi connectivity index (χ1n) is 11.0. The van der Waals surface area contributed by atoms with Gasteiger partial charge >= 0.3 is 0 Å². The number of aryl methyl sites for hydroxylation is 1. The van der Waals surface area contributed by atoms with Crippen molar-refractivity contribution in [3.8, 4) is 17.2 Å². The molecule has 0 saturated carbocycles. The maximum absolute atomic E-state index is 13.3. The van der Waals surface area contributed by atoms with Crippen molar-refractivity contribution in [1.29, 1.82) is 0 Å². The second-order valence-electron chi connectivity index (χ2n) is 8.08. The number of hydrogen-bond acceptors (Lipinski definition) is 6. The van der Waals surface area contributed by atoms with Crippen molar-refractivity contribution in [2.75, 3.05) is 18.3 Å². The maximum atomic E-state index is 13.3. The van der Waals surface area contributed by atoms with Gasteiger partial charge < -0.3 is 19.3 Å². The van der Waals surface area contributed by atoms with Gasteiger partial charge in [-0.2, -0.15) is 0 Å². The third-order valence-electron chi connectivity index (χ3n) is 5.89. The van der Waals surface area contributed by atoms with Crippen LogP contribution in [0.1, 0.15) is 29.7 Å². The van der Waals surface area contributed by atoms with E-state index in [2.05, 4.69) is 0 Å². The predicted octanol–water partition coefficient (Wildman–Crippen LogP) is 4.75. The van der Waals surface area contributed by atoms with Gasteiger partial charge in [0.15, 0.2) is 11.5 Å². The summed E-state index contributed by atoms with van der Waals surface area (Å²) < 4.78 is 16.5. The zero-order valence-electron chi connectivity index (χ0n) is 18.8. The lowest BCUT2D eigenvalue weighted by Crippen LogP contribution is -2.29. The average molecular weight is 457 g/mol. The van der Waals surface area contributed by atoms with Crippen LogP contribution in [-0.4, -0.2) is 30.2 Å². The van der Waals surface area contributed by atoms with E-state index in [9.17, 15) is 14.7 Å². The molecule has 34 heavy (non-hydrogen) atoms. The molecular formula is C27H23NO6. The number of benzene rings is 3. The Labute approximate surface area is 196 Å². The molecule has 1 N–H and O–H groups in total. The summed E-state index contributed by atoms with van der Waals surface area (Å²) in [5, 5.41) is 11.2. The van der Waals surface area contributed by atoms with Gasteiger partial charge in [0, 0.05) is 17.3 Å². The average Bonchev–Trinajstić information content (AvgIpc) is 3.41. The van der Waals surface area contributed by atoms with Crippen LogP contribution in [0.5, 0.6) is 17.2 Å². The van der Waals surface area contributed by atoms with Crippen LogP contribution in [0.2, 0.25) is 0 Å². The van der Waals surface area contributed by atoms with Gasteiger partial charge in [-0.3, -0.25) is 14.5 Å². The van der Waals surface area contributed by atoms with Crippen LogP contribution in [0, 0.1) is 6.92 Å². The first kappa shape index (κ1) is 21.6. The highest BCUT2D eigenvalue weighted by atomic mass is 16.7. The summed E-state index contributed by atoms with van der Waals surface area (Å²) >= 11 is 0. The van der Waals surface area contributed by atoms with Crippen LogP contribution < -0.4 is 19.1 Å². The van der Waals surface area contributed by atoms with E-state index < -0.39 is 17.7 Å². The Balaban J connectivity index is 1.70. The number of Topliss-reactive ketones (excluding diaryl/α,β-unsaturated/α-hetero) is 1. The molecule has 3 aromatic rings. The number of anilines is 1. The van der Waals surface area contributed by atoms with Gasteiger partial charge in [0.2, 0.25) is 6.79 Å². The molecule has 1 atom stereocenters. The topological polar surface area (TPSA) is 85.3 Å². The van der Waals surface area contributed by atoms with E-state index in [1.54, 1.807) is 48.5 Å². The number of carbonyl (C=O) groups excluding carboxylic acids is 2. The van der Waals surface area contributed by atoms with Gasteiger partial charge in [-0.25, -0.2) is 0 Å². The SMILES string of the molecule is CCOc1cccc(C2/C(=C(\O)c3ccc(C)cc3)C(=O)C(=O)N2c2ccc3c(c2)OCO3)c1. The molecule has 2 heterocycles. The number of rotatable bonds is 5. The van der Waals surface area contributed by atoms with Gasteiger partial charge in [0.05, 0.1) is 18.2 Å². The van der Waals surface area contributed by atoms with Crippen molar-refractivity contribution in [3.63, 3.8) is 0 Å². The fourth-order valence-electron chi connectivity index (χ4n) is 4.26. The molecule has 1 unspecified atom stereocenters. The number of aliphatic hydroxyl groups is 1. The summed E-state index contributed by atoms with van der Waals surface area (Å²) in [6.07, 6.45) is 0. The monoisotopic (exact) mass is 457 g/mol. The highest BCUT2D eigenvalue weighted by Crippen LogP contribution is 2.45. The van der Waals surface area contributed by atoms with Crippen LogP contribution in [0.15, 0.2) is 72.3 Å². The fourth-order valence-corrected chi connectivity index (χ4v) is 4.26. The van der Waals surface area contributed by atoms with Gasteiger partial charge in [-0.15, -0.1) is 0 Å². The minimum absolute atomic E-state index is 0.0140. The first-order valence-corrected chi connectivity index (χ1v) is 11.0. The molecule has 0 aromatic heterocycles. The highest BCUT2D eigenvalue weighted by molar-refractivity contribution is 6.51. The molecule has 0 aliphatic carbocycles. The lowest BCUT2D eigenvalue weighted by atomic mass is 9.94. The van der Waals surface area contributed by atoms with Gasteiger partial charge in [-0.05, 0) is 43.7 Å². The molecule has 1 amide bonds. The molecule has 172 valence electrons.